The van der Waals surface area contributed by atoms with E-state index in [1.807, 2.05) is 27.7 Å². The van der Waals surface area contributed by atoms with Gasteiger partial charge in [0.15, 0.2) is 0 Å². The number of amides is 2. The lowest BCUT2D eigenvalue weighted by Gasteiger charge is -2.58. The summed E-state index contributed by atoms with van der Waals surface area (Å²) in [6, 6.07) is 7.00. The number of benzene rings is 1. The van der Waals surface area contributed by atoms with Crippen molar-refractivity contribution in [2.45, 2.75) is 58.3 Å². The quantitative estimate of drug-likeness (QED) is 0.682. The highest BCUT2D eigenvalue weighted by Gasteiger charge is 2.59. The number of rotatable bonds is 8. The normalized spacial score (nSPS) is 27.4. The Morgan fingerprint density at radius 2 is 1.85 bits per heavy atom. The van der Waals surface area contributed by atoms with E-state index in [9.17, 15) is 14.7 Å². The van der Waals surface area contributed by atoms with Crippen LogP contribution in [0.4, 0.5) is 0 Å². The summed E-state index contributed by atoms with van der Waals surface area (Å²) in [5.41, 5.74) is -0.152. The minimum absolute atomic E-state index is 0.0697. The maximum atomic E-state index is 12.4. The molecule has 6 nitrogen and oxygen atoms in total. The van der Waals surface area contributed by atoms with E-state index < -0.39 is 5.60 Å². The van der Waals surface area contributed by atoms with Crippen LogP contribution in [0.1, 0.15) is 61.3 Å². The van der Waals surface area contributed by atoms with Crippen LogP contribution in [0.5, 0.6) is 0 Å². The van der Waals surface area contributed by atoms with E-state index >= 15 is 0 Å². The summed E-state index contributed by atoms with van der Waals surface area (Å²) >= 11 is 0. The summed E-state index contributed by atoms with van der Waals surface area (Å²) in [6.07, 6.45) is 1.32. The van der Waals surface area contributed by atoms with Crippen LogP contribution in [0.3, 0.4) is 0 Å². The summed E-state index contributed by atoms with van der Waals surface area (Å²) in [7, 11) is 0. The van der Waals surface area contributed by atoms with E-state index in [1.54, 1.807) is 24.3 Å². The van der Waals surface area contributed by atoms with Gasteiger partial charge in [-0.15, -0.1) is 0 Å². The van der Waals surface area contributed by atoms with Crippen molar-refractivity contribution >= 4 is 11.8 Å². The van der Waals surface area contributed by atoms with Gasteiger partial charge in [0.1, 0.15) is 0 Å². The zero-order valence-corrected chi connectivity index (χ0v) is 16.6. The molecule has 0 bridgehead atoms. The predicted molar refractivity (Wildman–Crippen MR) is 103 cm³/mol. The van der Waals surface area contributed by atoms with Crippen LogP contribution in [0.15, 0.2) is 24.3 Å². The zero-order chi connectivity index (χ0) is 19.8. The lowest BCUT2D eigenvalue weighted by atomic mass is 9.56. The smallest absolute Gasteiger partial charge is 0.261 e. The highest BCUT2D eigenvalue weighted by Crippen LogP contribution is 2.50. The van der Waals surface area contributed by atoms with Crippen molar-refractivity contribution in [2.75, 3.05) is 19.7 Å². The fourth-order valence-corrected chi connectivity index (χ4v) is 3.97. The maximum Gasteiger partial charge on any atom is 0.261 e. The number of nitrogens with zero attached hydrogens (tertiary/aromatic N) is 1. The highest BCUT2D eigenvalue weighted by molar-refractivity contribution is 6.21. The molecule has 6 heteroatoms. The second-order valence-corrected chi connectivity index (χ2v) is 8.28. The Hall–Kier alpha value is -1.76. The Labute approximate surface area is 160 Å². The number of carbonyl (C=O) groups is 2. The molecule has 0 spiro atoms. The molecule has 1 saturated carbocycles. The Kier molecular flexibility index (Phi) is 5.43. The molecule has 3 atom stereocenters. The van der Waals surface area contributed by atoms with Gasteiger partial charge in [-0.3, -0.25) is 14.5 Å². The van der Waals surface area contributed by atoms with Crippen LogP contribution in [0.2, 0.25) is 0 Å². The number of hydrogen-bond donors (Lipinski definition) is 2. The Balaban J connectivity index is 1.49. The van der Waals surface area contributed by atoms with Gasteiger partial charge in [-0.1, -0.05) is 26.0 Å². The van der Waals surface area contributed by atoms with E-state index in [1.165, 1.54) is 4.90 Å². The molecule has 2 amide bonds. The average Bonchev–Trinajstić information content (AvgIpc) is 2.89. The van der Waals surface area contributed by atoms with Gasteiger partial charge in [-0.05, 0) is 32.4 Å². The largest absolute Gasteiger partial charge is 0.388 e. The minimum atomic E-state index is -0.809. The van der Waals surface area contributed by atoms with Gasteiger partial charge in [0, 0.05) is 37.6 Å². The Morgan fingerprint density at radius 1 is 1.26 bits per heavy atom. The second-order valence-electron chi connectivity index (χ2n) is 8.28. The Bertz CT molecular complexity index is 698. The van der Waals surface area contributed by atoms with Crippen molar-refractivity contribution in [1.29, 1.82) is 0 Å². The van der Waals surface area contributed by atoms with E-state index in [-0.39, 0.29) is 29.4 Å². The summed E-state index contributed by atoms with van der Waals surface area (Å²) in [5, 5.41) is 14.3. The third kappa shape index (κ3) is 3.42. The molecule has 27 heavy (non-hydrogen) atoms. The SMILES string of the molecule is CCO[C@@H]1C[C@](O)(CN[C@H](C)CCN2C(=O)c3ccccc3C2=O)C1(C)C. The van der Waals surface area contributed by atoms with Crippen molar-refractivity contribution in [2.24, 2.45) is 5.41 Å². The molecule has 0 unspecified atom stereocenters. The van der Waals surface area contributed by atoms with Gasteiger partial charge >= 0.3 is 0 Å². The van der Waals surface area contributed by atoms with Gasteiger partial charge in [0.25, 0.3) is 11.8 Å². The van der Waals surface area contributed by atoms with E-state index in [4.69, 9.17) is 4.74 Å². The molecule has 0 aromatic heterocycles. The predicted octanol–water partition coefficient (Wildman–Crippen LogP) is 2.22. The topological polar surface area (TPSA) is 78.9 Å². The summed E-state index contributed by atoms with van der Waals surface area (Å²) < 4.78 is 5.70. The third-order valence-corrected chi connectivity index (χ3v) is 6.30. The van der Waals surface area contributed by atoms with Crippen LogP contribution >= 0.6 is 0 Å². The molecule has 1 aliphatic carbocycles. The number of ether oxygens (including phenoxy) is 1. The van der Waals surface area contributed by atoms with Crippen molar-refractivity contribution in [3.05, 3.63) is 35.4 Å². The van der Waals surface area contributed by atoms with E-state index in [0.29, 0.717) is 43.7 Å². The minimum Gasteiger partial charge on any atom is -0.388 e. The van der Waals surface area contributed by atoms with Gasteiger partial charge in [-0.25, -0.2) is 0 Å². The number of nitrogens with one attached hydrogen (secondary N) is 1. The van der Waals surface area contributed by atoms with Gasteiger partial charge in [0.05, 0.1) is 22.8 Å². The molecule has 2 N–H and O–H groups in total. The van der Waals surface area contributed by atoms with Crippen molar-refractivity contribution < 1.29 is 19.4 Å². The first-order chi connectivity index (χ1) is 12.7. The molecule has 1 aliphatic heterocycles. The van der Waals surface area contributed by atoms with Gasteiger partial charge in [0.2, 0.25) is 0 Å². The van der Waals surface area contributed by atoms with Crippen molar-refractivity contribution in [3.8, 4) is 0 Å². The van der Waals surface area contributed by atoms with Crippen molar-refractivity contribution in [1.82, 2.24) is 10.2 Å². The molecule has 1 aromatic rings. The lowest BCUT2D eigenvalue weighted by molar-refractivity contribution is -0.238. The fraction of sp³-hybridized carbons (Fsp3) is 0.619. The number of carbonyl (C=O) groups excluding carboxylic acids is 2. The van der Waals surface area contributed by atoms with Crippen LogP contribution < -0.4 is 5.32 Å². The van der Waals surface area contributed by atoms with Crippen LogP contribution in [0.25, 0.3) is 0 Å². The molecule has 3 rings (SSSR count). The molecule has 148 valence electrons. The van der Waals surface area contributed by atoms with Crippen LogP contribution in [-0.4, -0.2) is 59.3 Å². The molecule has 1 heterocycles. The molecule has 0 radical (unpaired) electrons. The molecule has 2 aliphatic rings. The van der Waals surface area contributed by atoms with E-state index in [2.05, 4.69) is 5.32 Å². The average molecular weight is 374 g/mol. The first-order valence-electron chi connectivity index (χ1n) is 9.74. The molecule has 0 saturated heterocycles. The molecular weight excluding hydrogens is 344 g/mol. The highest BCUT2D eigenvalue weighted by atomic mass is 16.5. The number of aliphatic hydroxyl groups is 1. The molecule has 1 aromatic carbocycles. The van der Waals surface area contributed by atoms with Gasteiger partial charge < -0.3 is 15.2 Å². The van der Waals surface area contributed by atoms with E-state index in [0.717, 1.165) is 0 Å². The molecule has 1 fully saturated rings. The summed E-state index contributed by atoms with van der Waals surface area (Å²) in [4.78, 5) is 26.1. The fourth-order valence-electron chi connectivity index (χ4n) is 3.97. The van der Waals surface area contributed by atoms with Crippen LogP contribution in [-0.2, 0) is 4.74 Å². The Morgan fingerprint density at radius 3 is 2.37 bits per heavy atom. The van der Waals surface area contributed by atoms with Gasteiger partial charge in [-0.2, -0.15) is 0 Å². The molecular formula is C21H30N2O4. The summed E-state index contributed by atoms with van der Waals surface area (Å²) in [6.45, 7) is 9.51. The maximum absolute atomic E-state index is 12.4. The third-order valence-electron chi connectivity index (χ3n) is 6.30. The first-order valence-corrected chi connectivity index (χ1v) is 9.74. The standard InChI is InChI=1S/C21H30N2O4/c1-5-27-17-12-21(26,20(17,3)4)13-22-14(2)10-11-23-18(24)15-8-6-7-9-16(15)19(23)25/h6-9,14,17,22,26H,5,10-13H2,1-4H3/t14-,17-,21+/m1/s1. The zero-order valence-electron chi connectivity index (χ0n) is 16.6. The van der Waals surface area contributed by atoms with Crippen molar-refractivity contribution in [3.63, 3.8) is 0 Å². The number of fused-ring (bicyclic) bond motifs is 1. The van der Waals surface area contributed by atoms with Crippen LogP contribution in [0, 0.1) is 5.41 Å². The lowest BCUT2D eigenvalue weighted by Crippen LogP contribution is -2.68. The number of hydrogen-bond acceptors (Lipinski definition) is 5. The second kappa shape index (κ2) is 7.34. The first kappa shape index (κ1) is 20.0. The number of imide groups is 1. The summed E-state index contributed by atoms with van der Waals surface area (Å²) in [5.74, 6) is -0.442. The monoisotopic (exact) mass is 374 g/mol.